The fourth-order valence-corrected chi connectivity index (χ4v) is 2.36. The second kappa shape index (κ2) is 5.47. The van der Waals surface area contributed by atoms with Gasteiger partial charge in [-0.05, 0) is 19.1 Å². The molecular weight excluding hydrogens is 236 g/mol. The molecule has 3 heteroatoms. The van der Waals surface area contributed by atoms with Gasteiger partial charge in [0.05, 0.1) is 6.08 Å². The highest BCUT2D eigenvalue weighted by atomic mass is 16.5. The zero-order valence-corrected chi connectivity index (χ0v) is 12.2. The van der Waals surface area contributed by atoms with Crippen LogP contribution in [0.3, 0.4) is 0 Å². The predicted molar refractivity (Wildman–Crippen MR) is 79.6 cm³/mol. The van der Waals surface area contributed by atoms with Crippen LogP contribution in [0.1, 0.15) is 27.2 Å². The molecule has 1 N–H and O–H groups in total. The zero-order chi connectivity index (χ0) is 13.9. The van der Waals surface area contributed by atoms with E-state index in [1.807, 2.05) is 42.6 Å². The first kappa shape index (κ1) is 13.7. The van der Waals surface area contributed by atoms with Gasteiger partial charge in [0.15, 0.2) is 5.54 Å². The van der Waals surface area contributed by atoms with Crippen LogP contribution in [0.5, 0.6) is 0 Å². The lowest BCUT2D eigenvalue weighted by molar-refractivity contribution is -0.593. The number of nitrogens with zero attached hydrogens (tertiary/aromatic N) is 1. The summed E-state index contributed by atoms with van der Waals surface area (Å²) in [6, 6.07) is 10.1. The molecule has 0 aliphatic carbocycles. The maximum Gasteiger partial charge on any atom is 0.364 e. The molecule has 0 fully saturated rings. The summed E-state index contributed by atoms with van der Waals surface area (Å²) in [5.41, 5.74) is 1.20. The van der Waals surface area contributed by atoms with E-state index < -0.39 is 0 Å². The van der Waals surface area contributed by atoms with Crippen LogP contribution in [0, 0.1) is 0 Å². The Hall–Kier alpha value is -1.77. The molecule has 3 nitrogen and oxygen atoms in total. The number of benzene rings is 1. The Kier molecular flexibility index (Phi) is 3.93. The molecule has 1 aromatic rings. The van der Waals surface area contributed by atoms with E-state index in [1.165, 1.54) is 0 Å². The second-order valence-corrected chi connectivity index (χ2v) is 5.69. The Morgan fingerprint density at radius 2 is 2.00 bits per heavy atom. The summed E-state index contributed by atoms with van der Waals surface area (Å²) in [6.07, 6.45) is 5.20. The molecule has 0 aromatic heterocycles. The van der Waals surface area contributed by atoms with E-state index in [2.05, 4.69) is 37.7 Å². The van der Waals surface area contributed by atoms with Crippen molar-refractivity contribution in [3.05, 3.63) is 42.6 Å². The first-order valence-corrected chi connectivity index (χ1v) is 6.74. The number of anilines is 1. The number of hydrogen-bond acceptors (Lipinski definition) is 2. The Bertz CT molecular complexity index is 489. The Morgan fingerprint density at radius 3 is 2.68 bits per heavy atom. The number of nitrogens with one attached hydrogen (secondary N) is 1. The topological polar surface area (TPSA) is 24.3 Å². The first-order valence-electron chi connectivity index (χ1n) is 6.74. The Morgan fingerprint density at radius 1 is 1.32 bits per heavy atom. The summed E-state index contributed by atoms with van der Waals surface area (Å²) in [4.78, 5) is 0. The lowest BCUT2D eigenvalue weighted by Crippen LogP contribution is -2.46. The highest BCUT2D eigenvalue weighted by Gasteiger charge is 2.38. The molecule has 1 unspecified atom stereocenters. The molecule has 19 heavy (non-hydrogen) atoms. The van der Waals surface area contributed by atoms with Crippen molar-refractivity contribution in [3.8, 4) is 0 Å². The van der Waals surface area contributed by atoms with Crippen molar-refractivity contribution in [2.75, 3.05) is 12.4 Å². The molecular formula is C16H23N2O+. The third-order valence-corrected chi connectivity index (χ3v) is 3.60. The summed E-state index contributed by atoms with van der Waals surface area (Å²) < 4.78 is 8.08. The fourth-order valence-electron chi connectivity index (χ4n) is 2.36. The standard InChI is InChI=1S/C16H22N2O/c1-13-12-16(2,3)18(4)15(19-13)10-11-17-14-8-6-5-7-9-14/h5-11,13H,12H2,1-4H3/p+1. The Balaban J connectivity index is 2.09. The minimum absolute atomic E-state index is 0.129. The molecule has 0 spiro atoms. The average Bonchev–Trinajstić information content (AvgIpc) is 2.36. The van der Waals surface area contributed by atoms with Crippen molar-refractivity contribution < 1.29 is 9.31 Å². The fraction of sp³-hybridized carbons (Fsp3) is 0.438. The van der Waals surface area contributed by atoms with Crippen LogP contribution >= 0.6 is 0 Å². The van der Waals surface area contributed by atoms with E-state index in [1.54, 1.807) is 0 Å². The summed E-state index contributed by atoms with van der Waals surface area (Å²) >= 11 is 0. The highest BCUT2D eigenvalue weighted by Crippen LogP contribution is 2.22. The van der Waals surface area contributed by atoms with Gasteiger partial charge in [-0.1, -0.05) is 18.2 Å². The van der Waals surface area contributed by atoms with Crippen molar-refractivity contribution in [1.82, 2.24) is 0 Å². The van der Waals surface area contributed by atoms with E-state index in [0.29, 0.717) is 0 Å². The largest absolute Gasteiger partial charge is 0.441 e. The van der Waals surface area contributed by atoms with Crippen molar-refractivity contribution in [1.29, 1.82) is 0 Å². The van der Waals surface area contributed by atoms with Crippen molar-refractivity contribution >= 4 is 11.6 Å². The normalized spacial score (nSPS) is 22.4. The minimum Gasteiger partial charge on any atom is -0.441 e. The van der Waals surface area contributed by atoms with Crippen LogP contribution in [-0.4, -0.2) is 29.2 Å². The van der Waals surface area contributed by atoms with Crippen molar-refractivity contribution in [3.63, 3.8) is 0 Å². The first-order chi connectivity index (χ1) is 8.99. The van der Waals surface area contributed by atoms with Gasteiger partial charge < -0.3 is 10.1 Å². The molecule has 1 aromatic carbocycles. The molecule has 1 aliphatic heterocycles. The van der Waals surface area contributed by atoms with Crippen LogP contribution < -0.4 is 5.32 Å². The maximum absolute atomic E-state index is 5.89. The summed E-state index contributed by atoms with van der Waals surface area (Å²) in [5.74, 6) is 0.909. The second-order valence-electron chi connectivity index (χ2n) is 5.69. The van der Waals surface area contributed by atoms with Crippen LogP contribution in [0.2, 0.25) is 0 Å². The van der Waals surface area contributed by atoms with Gasteiger partial charge in [0, 0.05) is 32.2 Å². The van der Waals surface area contributed by atoms with Gasteiger partial charge in [0.25, 0.3) is 0 Å². The molecule has 1 atom stereocenters. The molecule has 102 valence electrons. The third-order valence-electron chi connectivity index (χ3n) is 3.60. The molecule has 0 saturated heterocycles. The molecule has 0 amide bonds. The monoisotopic (exact) mass is 259 g/mol. The summed E-state index contributed by atoms with van der Waals surface area (Å²) in [5, 5.41) is 3.25. The van der Waals surface area contributed by atoms with Gasteiger partial charge >= 0.3 is 5.90 Å². The third kappa shape index (κ3) is 3.37. The van der Waals surface area contributed by atoms with Gasteiger partial charge in [0.2, 0.25) is 0 Å². The smallest absolute Gasteiger partial charge is 0.364 e. The zero-order valence-electron chi connectivity index (χ0n) is 12.2. The lowest BCUT2D eigenvalue weighted by atomic mass is 9.95. The van der Waals surface area contributed by atoms with E-state index in [9.17, 15) is 0 Å². The van der Waals surface area contributed by atoms with Gasteiger partial charge in [0.1, 0.15) is 13.2 Å². The SMILES string of the molecule is CC1CC(C)(C)[N+](C)=C(C=CNc2ccccc2)O1. The molecule has 2 rings (SSSR count). The number of hydrogen-bond donors (Lipinski definition) is 1. The number of ether oxygens (including phenoxy) is 1. The maximum atomic E-state index is 5.89. The summed E-state index contributed by atoms with van der Waals surface area (Å²) in [6.45, 7) is 6.60. The lowest BCUT2D eigenvalue weighted by Gasteiger charge is -2.30. The van der Waals surface area contributed by atoms with E-state index in [-0.39, 0.29) is 11.6 Å². The molecule has 0 bridgehead atoms. The van der Waals surface area contributed by atoms with Gasteiger partial charge in [-0.3, -0.25) is 0 Å². The van der Waals surface area contributed by atoms with Gasteiger partial charge in [-0.15, -0.1) is 0 Å². The Labute approximate surface area is 115 Å². The average molecular weight is 259 g/mol. The van der Waals surface area contributed by atoms with E-state index in [0.717, 1.165) is 18.0 Å². The van der Waals surface area contributed by atoms with E-state index in [4.69, 9.17) is 4.74 Å². The quantitative estimate of drug-likeness (QED) is 0.843. The van der Waals surface area contributed by atoms with Crippen LogP contribution in [0.25, 0.3) is 0 Å². The molecule has 0 radical (unpaired) electrons. The van der Waals surface area contributed by atoms with Crippen LogP contribution in [0.4, 0.5) is 5.69 Å². The van der Waals surface area contributed by atoms with Crippen molar-refractivity contribution in [2.24, 2.45) is 0 Å². The molecule has 1 heterocycles. The van der Waals surface area contributed by atoms with Crippen LogP contribution in [0.15, 0.2) is 42.6 Å². The van der Waals surface area contributed by atoms with E-state index >= 15 is 0 Å². The molecule has 0 saturated carbocycles. The summed E-state index contributed by atoms with van der Waals surface area (Å²) in [7, 11) is 2.08. The van der Waals surface area contributed by atoms with Crippen LogP contribution in [-0.2, 0) is 4.74 Å². The number of rotatable bonds is 3. The highest BCUT2D eigenvalue weighted by molar-refractivity contribution is 5.84. The number of para-hydroxylation sites is 1. The van der Waals surface area contributed by atoms with Crippen molar-refractivity contribution in [2.45, 2.75) is 38.8 Å². The molecule has 1 aliphatic rings. The van der Waals surface area contributed by atoms with Gasteiger partial charge in [-0.25, -0.2) is 0 Å². The van der Waals surface area contributed by atoms with Gasteiger partial charge in [-0.2, -0.15) is 4.58 Å². The predicted octanol–water partition coefficient (Wildman–Crippen LogP) is 3.24. The minimum atomic E-state index is 0.129.